The Morgan fingerprint density at radius 1 is 1.00 bits per heavy atom. The van der Waals surface area contributed by atoms with E-state index in [9.17, 15) is 0 Å². The highest BCUT2D eigenvalue weighted by Crippen LogP contribution is 2.06. The van der Waals surface area contributed by atoms with Crippen LogP contribution in [0, 0.1) is 6.08 Å². The van der Waals surface area contributed by atoms with Gasteiger partial charge in [0.1, 0.15) is 0 Å². The summed E-state index contributed by atoms with van der Waals surface area (Å²) in [5, 5.41) is 0. The Bertz CT molecular complexity index is 131. The molecule has 0 rings (SSSR count). The lowest BCUT2D eigenvalue weighted by Gasteiger charge is -1.97. The van der Waals surface area contributed by atoms with Gasteiger partial charge < -0.3 is 0 Å². The zero-order chi connectivity index (χ0) is 9.78. The third-order valence-corrected chi connectivity index (χ3v) is 2.12. The summed E-state index contributed by atoms with van der Waals surface area (Å²) in [4.78, 5) is 0. The van der Waals surface area contributed by atoms with Gasteiger partial charge in [0, 0.05) is 0 Å². The summed E-state index contributed by atoms with van der Waals surface area (Å²) < 4.78 is 0. The summed E-state index contributed by atoms with van der Waals surface area (Å²) in [5.41, 5.74) is 0. The fraction of sp³-hybridized carbons (Fsp3) is 0.692. The van der Waals surface area contributed by atoms with Gasteiger partial charge in [-0.25, -0.2) is 0 Å². The van der Waals surface area contributed by atoms with Crippen LogP contribution < -0.4 is 0 Å². The molecule has 0 aromatic carbocycles. The first-order valence-electron chi connectivity index (χ1n) is 5.57. The monoisotopic (exact) mass is 179 g/mol. The molecule has 0 amide bonds. The van der Waals surface area contributed by atoms with Crippen molar-refractivity contribution < 1.29 is 0 Å². The Morgan fingerprint density at radius 3 is 2.38 bits per heavy atom. The van der Waals surface area contributed by atoms with Crippen LogP contribution in [0.2, 0.25) is 0 Å². The molecule has 0 aliphatic carbocycles. The molecule has 0 aliphatic heterocycles. The number of hydrogen-bond acceptors (Lipinski definition) is 0. The summed E-state index contributed by atoms with van der Waals surface area (Å²) in [6.07, 6.45) is 18.8. The van der Waals surface area contributed by atoms with E-state index in [1.807, 2.05) is 13.0 Å². The van der Waals surface area contributed by atoms with Gasteiger partial charge >= 0.3 is 0 Å². The molecule has 0 heteroatoms. The third kappa shape index (κ3) is 11.5. The maximum Gasteiger partial charge on any atom is -0.0348 e. The molecule has 0 bridgehead atoms. The van der Waals surface area contributed by atoms with E-state index >= 15 is 0 Å². The van der Waals surface area contributed by atoms with Crippen molar-refractivity contribution in [1.82, 2.24) is 0 Å². The lowest BCUT2D eigenvalue weighted by Crippen LogP contribution is -1.77. The predicted octanol–water partition coefficient (Wildman–Crippen LogP) is 4.67. The first-order valence-corrected chi connectivity index (χ1v) is 5.57. The van der Waals surface area contributed by atoms with Gasteiger partial charge in [-0.2, -0.15) is 0 Å². The van der Waals surface area contributed by atoms with Crippen LogP contribution in [0.5, 0.6) is 0 Å². The van der Waals surface area contributed by atoms with E-state index in [-0.39, 0.29) is 0 Å². The molecule has 0 aromatic rings. The molecule has 1 radical (unpaired) electrons. The fourth-order valence-electron chi connectivity index (χ4n) is 1.30. The lowest BCUT2D eigenvalue weighted by molar-refractivity contribution is 0.611. The standard InChI is InChI=1S/C13H23/c1-3-5-7-9-11-13-12-10-8-6-4-2/h6,8,10H,3,5,7,9,11-13H2,1-2H3/b6-4?,10-8+. The molecular weight excluding hydrogens is 156 g/mol. The molecule has 0 heterocycles. The van der Waals surface area contributed by atoms with E-state index in [2.05, 4.69) is 25.2 Å². The minimum Gasteiger partial charge on any atom is -0.0845 e. The minimum absolute atomic E-state index is 1.23. The Labute approximate surface area is 83.7 Å². The Balaban J connectivity index is 2.99. The average Bonchev–Trinajstić information content (AvgIpc) is 2.16. The predicted molar refractivity (Wildman–Crippen MR) is 60.6 cm³/mol. The third-order valence-electron chi connectivity index (χ3n) is 2.12. The summed E-state index contributed by atoms with van der Waals surface area (Å²) in [6.45, 7) is 4.19. The van der Waals surface area contributed by atoms with Gasteiger partial charge in [0.15, 0.2) is 0 Å². The van der Waals surface area contributed by atoms with Gasteiger partial charge in [0.05, 0.1) is 0 Å². The van der Waals surface area contributed by atoms with E-state index in [0.29, 0.717) is 0 Å². The van der Waals surface area contributed by atoms with Crippen molar-refractivity contribution in [2.75, 3.05) is 0 Å². The zero-order valence-corrected chi connectivity index (χ0v) is 9.18. The Morgan fingerprint density at radius 2 is 1.69 bits per heavy atom. The number of allylic oxidation sites excluding steroid dienone is 4. The topological polar surface area (TPSA) is 0 Å². The molecule has 0 saturated carbocycles. The first kappa shape index (κ1) is 12.5. The summed E-state index contributed by atoms with van der Waals surface area (Å²) >= 11 is 0. The average molecular weight is 179 g/mol. The fourth-order valence-corrected chi connectivity index (χ4v) is 1.30. The molecule has 0 fully saturated rings. The minimum atomic E-state index is 1.23. The van der Waals surface area contributed by atoms with E-state index in [0.717, 1.165) is 0 Å². The molecule has 13 heavy (non-hydrogen) atoms. The molecule has 0 saturated heterocycles. The van der Waals surface area contributed by atoms with Crippen LogP contribution in [0.15, 0.2) is 18.2 Å². The molecule has 0 atom stereocenters. The van der Waals surface area contributed by atoms with E-state index in [1.165, 1.54) is 44.9 Å². The number of rotatable bonds is 8. The van der Waals surface area contributed by atoms with Crippen molar-refractivity contribution in [3.8, 4) is 0 Å². The van der Waals surface area contributed by atoms with Crippen LogP contribution in [0.3, 0.4) is 0 Å². The van der Waals surface area contributed by atoms with Gasteiger partial charge in [-0.3, -0.25) is 0 Å². The molecule has 75 valence electrons. The van der Waals surface area contributed by atoms with E-state index in [1.54, 1.807) is 0 Å². The highest BCUT2D eigenvalue weighted by Gasteiger charge is 1.87. The quantitative estimate of drug-likeness (QED) is 0.375. The maximum atomic E-state index is 2.97. The molecular formula is C13H23. The summed E-state index contributed by atoms with van der Waals surface area (Å²) in [7, 11) is 0. The zero-order valence-electron chi connectivity index (χ0n) is 9.18. The van der Waals surface area contributed by atoms with Crippen LogP contribution in [-0.2, 0) is 0 Å². The van der Waals surface area contributed by atoms with Crippen LogP contribution in [-0.4, -0.2) is 0 Å². The van der Waals surface area contributed by atoms with Crippen LogP contribution in [0.25, 0.3) is 0 Å². The summed E-state index contributed by atoms with van der Waals surface area (Å²) in [5.74, 6) is 0. The van der Waals surface area contributed by atoms with E-state index in [4.69, 9.17) is 0 Å². The largest absolute Gasteiger partial charge is 0.0845 e. The smallest absolute Gasteiger partial charge is 0.0348 e. The van der Waals surface area contributed by atoms with Gasteiger partial charge in [0.2, 0.25) is 0 Å². The number of unbranched alkanes of at least 4 members (excludes halogenated alkanes) is 6. The van der Waals surface area contributed by atoms with Crippen LogP contribution in [0.4, 0.5) is 0 Å². The van der Waals surface area contributed by atoms with Crippen molar-refractivity contribution in [2.45, 2.75) is 58.8 Å². The second-order valence-electron chi connectivity index (χ2n) is 3.44. The molecule has 0 unspecified atom stereocenters. The van der Waals surface area contributed by atoms with E-state index < -0.39 is 0 Å². The van der Waals surface area contributed by atoms with Gasteiger partial charge in [-0.1, -0.05) is 57.3 Å². The van der Waals surface area contributed by atoms with Crippen LogP contribution in [0.1, 0.15) is 58.8 Å². The van der Waals surface area contributed by atoms with Gasteiger partial charge in [-0.15, -0.1) is 0 Å². The second kappa shape index (κ2) is 11.5. The SMILES string of the molecule is C/[C]=C\C=C\CCCCCCCC. The number of hydrogen-bond donors (Lipinski definition) is 0. The van der Waals surface area contributed by atoms with Crippen LogP contribution >= 0.6 is 0 Å². The van der Waals surface area contributed by atoms with Crippen molar-refractivity contribution >= 4 is 0 Å². The maximum absolute atomic E-state index is 2.97. The lowest BCUT2D eigenvalue weighted by atomic mass is 10.1. The van der Waals surface area contributed by atoms with Gasteiger partial charge in [-0.05, 0) is 25.8 Å². The van der Waals surface area contributed by atoms with Crippen molar-refractivity contribution in [3.05, 3.63) is 24.3 Å². The van der Waals surface area contributed by atoms with Gasteiger partial charge in [0.25, 0.3) is 0 Å². The molecule has 0 aromatic heterocycles. The highest BCUT2D eigenvalue weighted by molar-refractivity contribution is 4.97. The Hall–Kier alpha value is -0.520. The summed E-state index contributed by atoms with van der Waals surface area (Å²) in [6, 6.07) is 0. The molecule has 0 N–H and O–H groups in total. The normalized spacial score (nSPS) is 11.8. The van der Waals surface area contributed by atoms with Crippen molar-refractivity contribution in [1.29, 1.82) is 0 Å². The molecule has 0 aliphatic rings. The first-order chi connectivity index (χ1) is 6.41. The molecule has 0 nitrogen and oxygen atoms in total. The Kier molecular flexibility index (Phi) is 11.0. The highest BCUT2D eigenvalue weighted by atomic mass is 13.9. The van der Waals surface area contributed by atoms with Crippen molar-refractivity contribution in [3.63, 3.8) is 0 Å². The molecule has 0 spiro atoms. The van der Waals surface area contributed by atoms with Crippen molar-refractivity contribution in [2.24, 2.45) is 0 Å². The second-order valence-corrected chi connectivity index (χ2v) is 3.44.